The van der Waals surface area contributed by atoms with Crippen LogP contribution in [0.15, 0.2) is 23.5 Å². The third-order valence-electron chi connectivity index (χ3n) is 6.76. The molecule has 0 amide bonds. The van der Waals surface area contributed by atoms with Crippen LogP contribution in [0.1, 0.15) is 71.6 Å². The summed E-state index contributed by atoms with van der Waals surface area (Å²) in [7, 11) is 0. The first-order chi connectivity index (χ1) is 11.8. The average molecular weight is 356 g/mol. The zero-order valence-corrected chi connectivity index (χ0v) is 15.4. The molecule has 0 aromatic heterocycles. The van der Waals surface area contributed by atoms with Gasteiger partial charge in [0.15, 0.2) is 0 Å². The first kappa shape index (κ1) is 18.8. The lowest BCUT2D eigenvalue weighted by Gasteiger charge is -2.39. The minimum atomic E-state index is -4.58. The molecular weight excluding hydrogens is 325 g/mol. The van der Waals surface area contributed by atoms with Gasteiger partial charge in [0.1, 0.15) is 5.76 Å². The van der Waals surface area contributed by atoms with Crippen LogP contribution in [-0.4, -0.2) is 6.36 Å². The van der Waals surface area contributed by atoms with E-state index >= 15 is 0 Å². The summed E-state index contributed by atoms with van der Waals surface area (Å²) in [5.41, 5.74) is 1.34. The molecule has 0 bridgehead atoms. The molecule has 3 rings (SSSR count). The molecule has 0 saturated heterocycles. The molecule has 0 spiro atoms. The van der Waals surface area contributed by atoms with Crippen LogP contribution in [-0.2, 0) is 4.74 Å². The highest BCUT2D eigenvalue weighted by molar-refractivity contribution is 5.26. The SMILES string of the molecule is CC1CCC(C2CCC(C3=CC=C(OC(F)(F)F)CC3C)CC2)CC1. The summed E-state index contributed by atoms with van der Waals surface area (Å²) in [4.78, 5) is 0. The Kier molecular flexibility index (Phi) is 5.85. The molecule has 4 heteroatoms. The standard InChI is InChI=1S/C21H31F3O/c1-14-3-5-16(6-4-14)17-7-9-18(10-8-17)20-12-11-19(13-15(20)2)25-21(22,23)24/h11-12,14-18H,3-10,13H2,1-2H3. The monoisotopic (exact) mass is 356 g/mol. The van der Waals surface area contributed by atoms with Crippen molar-refractivity contribution in [2.45, 2.75) is 78.0 Å². The maximum atomic E-state index is 12.4. The summed E-state index contributed by atoms with van der Waals surface area (Å²) >= 11 is 0. The molecule has 0 aromatic rings. The molecule has 142 valence electrons. The van der Waals surface area contributed by atoms with Crippen LogP contribution in [0.2, 0.25) is 0 Å². The van der Waals surface area contributed by atoms with E-state index in [-0.39, 0.29) is 11.7 Å². The first-order valence-electron chi connectivity index (χ1n) is 9.98. The number of hydrogen-bond acceptors (Lipinski definition) is 1. The van der Waals surface area contributed by atoms with E-state index in [2.05, 4.69) is 11.7 Å². The highest BCUT2D eigenvalue weighted by atomic mass is 19.4. The third-order valence-corrected chi connectivity index (χ3v) is 6.76. The van der Waals surface area contributed by atoms with Crippen LogP contribution in [0.4, 0.5) is 13.2 Å². The second kappa shape index (κ2) is 7.75. The highest BCUT2D eigenvalue weighted by Crippen LogP contribution is 2.45. The molecular formula is C21H31F3O. The minimum absolute atomic E-state index is 0.0498. The maximum absolute atomic E-state index is 12.4. The van der Waals surface area contributed by atoms with Crippen LogP contribution in [0, 0.1) is 29.6 Å². The predicted octanol–water partition coefficient (Wildman–Crippen LogP) is 7.01. The fraction of sp³-hybridized carbons (Fsp3) is 0.810. The highest BCUT2D eigenvalue weighted by Gasteiger charge is 2.35. The van der Waals surface area contributed by atoms with Crippen molar-refractivity contribution in [3.63, 3.8) is 0 Å². The number of hydrogen-bond donors (Lipinski definition) is 0. The smallest absolute Gasteiger partial charge is 0.410 e. The maximum Gasteiger partial charge on any atom is 0.572 e. The third kappa shape index (κ3) is 5.04. The molecule has 3 aliphatic rings. The number of alkyl halides is 3. The lowest BCUT2D eigenvalue weighted by atomic mass is 9.67. The van der Waals surface area contributed by atoms with E-state index in [1.54, 1.807) is 0 Å². The summed E-state index contributed by atoms with van der Waals surface area (Å²) in [5, 5.41) is 0. The lowest BCUT2D eigenvalue weighted by molar-refractivity contribution is -0.306. The Morgan fingerprint density at radius 2 is 1.40 bits per heavy atom. The topological polar surface area (TPSA) is 9.23 Å². The van der Waals surface area contributed by atoms with Crippen LogP contribution in [0.3, 0.4) is 0 Å². The fourth-order valence-electron chi connectivity index (χ4n) is 5.29. The Labute approximate surface area is 149 Å². The van der Waals surface area contributed by atoms with Crippen molar-refractivity contribution >= 4 is 0 Å². The zero-order valence-electron chi connectivity index (χ0n) is 15.4. The van der Waals surface area contributed by atoms with Crippen molar-refractivity contribution in [2.75, 3.05) is 0 Å². The normalized spacial score (nSPS) is 37.2. The average Bonchev–Trinajstić information content (AvgIpc) is 2.54. The molecule has 0 aliphatic heterocycles. The second-order valence-corrected chi connectivity index (χ2v) is 8.58. The van der Waals surface area contributed by atoms with Gasteiger partial charge in [0.05, 0.1) is 0 Å². The Balaban J connectivity index is 1.54. The Morgan fingerprint density at radius 3 is 1.92 bits per heavy atom. The lowest BCUT2D eigenvalue weighted by Crippen LogP contribution is -2.27. The predicted molar refractivity (Wildman–Crippen MR) is 93.7 cm³/mol. The molecule has 0 aromatic carbocycles. The van der Waals surface area contributed by atoms with Gasteiger partial charge < -0.3 is 4.74 Å². The Bertz CT molecular complexity index is 504. The van der Waals surface area contributed by atoms with Gasteiger partial charge in [0, 0.05) is 6.42 Å². The van der Waals surface area contributed by atoms with Gasteiger partial charge in [-0.05, 0) is 74.2 Å². The summed E-state index contributed by atoms with van der Waals surface area (Å²) in [6.07, 6.45) is 9.81. The van der Waals surface area contributed by atoms with Gasteiger partial charge in [-0.3, -0.25) is 0 Å². The molecule has 3 aliphatic carbocycles. The van der Waals surface area contributed by atoms with E-state index < -0.39 is 6.36 Å². The van der Waals surface area contributed by atoms with Gasteiger partial charge in [-0.25, -0.2) is 0 Å². The van der Waals surface area contributed by atoms with Crippen molar-refractivity contribution in [3.05, 3.63) is 23.5 Å². The minimum Gasteiger partial charge on any atom is -0.410 e. The summed E-state index contributed by atoms with van der Waals surface area (Å²) < 4.78 is 41.2. The summed E-state index contributed by atoms with van der Waals surface area (Å²) in [6.45, 7) is 4.40. The van der Waals surface area contributed by atoms with Gasteiger partial charge in [-0.1, -0.05) is 38.3 Å². The van der Waals surface area contributed by atoms with Crippen LogP contribution in [0.25, 0.3) is 0 Å². The van der Waals surface area contributed by atoms with E-state index in [4.69, 9.17) is 0 Å². The number of ether oxygens (including phenoxy) is 1. The summed E-state index contributed by atoms with van der Waals surface area (Å²) in [5.74, 6) is 3.45. The zero-order chi connectivity index (χ0) is 18.0. The van der Waals surface area contributed by atoms with E-state index in [1.807, 2.05) is 13.0 Å². The van der Waals surface area contributed by atoms with Gasteiger partial charge in [-0.15, -0.1) is 13.2 Å². The molecule has 1 atom stereocenters. The van der Waals surface area contributed by atoms with Gasteiger partial charge in [0.25, 0.3) is 0 Å². The molecule has 25 heavy (non-hydrogen) atoms. The molecule has 0 N–H and O–H groups in total. The van der Waals surface area contributed by atoms with Crippen LogP contribution in [0.5, 0.6) is 0 Å². The van der Waals surface area contributed by atoms with E-state index in [1.165, 1.54) is 63.0 Å². The molecule has 1 nitrogen and oxygen atoms in total. The van der Waals surface area contributed by atoms with E-state index in [9.17, 15) is 13.2 Å². The molecule has 0 heterocycles. The number of rotatable bonds is 3. The first-order valence-corrected chi connectivity index (χ1v) is 9.98. The Morgan fingerprint density at radius 1 is 0.840 bits per heavy atom. The van der Waals surface area contributed by atoms with Gasteiger partial charge in [0.2, 0.25) is 0 Å². The van der Waals surface area contributed by atoms with Crippen LogP contribution < -0.4 is 0 Å². The second-order valence-electron chi connectivity index (χ2n) is 8.58. The van der Waals surface area contributed by atoms with Gasteiger partial charge >= 0.3 is 6.36 Å². The van der Waals surface area contributed by atoms with Crippen molar-refractivity contribution in [3.8, 4) is 0 Å². The van der Waals surface area contributed by atoms with Gasteiger partial charge in [-0.2, -0.15) is 0 Å². The molecule has 1 unspecified atom stereocenters. The molecule has 2 fully saturated rings. The van der Waals surface area contributed by atoms with E-state index in [0.29, 0.717) is 12.3 Å². The van der Waals surface area contributed by atoms with Crippen molar-refractivity contribution in [1.82, 2.24) is 0 Å². The molecule has 2 saturated carbocycles. The molecule has 0 radical (unpaired) electrons. The van der Waals surface area contributed by atoms with Crippen molar-refractivity contribution in [1.29, 1.82) is 0 Å². The largest absolute Gasteiger partial charge is 0.572 e. The van der Waals surface area contributed by atoms with Crippen molar-refractivity contribution in [2.24, 2.45) is 29.6 Å². The Hall–Kier alpha value is -0.930. The fourth-order valence-corrected chi connectivity index (χ4v) is 5.29. The quantitative estimate of drug-likeness (QED) is 0.528. The number of halogens is 3. The van der Waals surface area contributed by atoms with Crippen molar-refractivity contribution < 1.29 is 17.9 Å². The van der Waals surface area contributed by atoms with E-state index in [0.717, 1.165) is 17.8 Å². The number of allylic oxidation sites excluding steroid dienone is 4. The summed E-state index contributed by atoms with van der Waals surface area (Å²) in [6, 6.07) is 0. The van der Waals surface area contributed by atoms with Crippen LogP contribution >= 0.6 is 0 Å².